The van der Waals surface area contributed by atoms with Gasteiger partial charge < -0.3 is 29.9 Å². The Hall–Kier alpha value is -5.44. The molecule has 0 aliphatic carbocycles. The summed E-state index contributed by atoms with van der Waals surface area (Å²) in [6.07, 6.45) is 2.43. The summed E-state index contributed by atoms with van der Waals surface area (Å²) in [5, 5.41) is 26.4. The van der Waals surface area contributed by atoms with E-state index < -0.39 is 35.0 Å². The number of anilines is 1. The summed E-state index contributed by atoms with van der Waals surface area (Å²) in [6, 6.07) is 15.4. The number of phenolic OH excluding ortho intramolecular Hbond substituents is 1. The number of hydrogen-bond acceptors (Lipinski definition) is 7. The van der Waals surface area contributed by atoms with Crippen LogP contribution in [0.5, 0.6) is 5.75 Å². The fraction of sp³-hybridized carbons (Fsp3) is 0.303. The van der Waals surface area contributed by atoms with Gasteiger partial charge in [0.2, 0.25) is 11.8 Å². The van der Waals surface area contributed by atoms with Gasteiger partial charge in [-0.3, -0.25) is 9.59 Å². The number of halogens is 1. The predicted molar refractivity (Wildman–Crippen MR) is 164 cm³/mol. The molecule has 1 aliphatic rings. The molecule has 0 bridgehead atoms. The highest BCUT2D eigenvalue weighted by atomic mass is 19.1. The number of aromatic hydroxyl groups is 1. The number of carbonyl (C=O) groups is 3. The molecule has 0 spiro atoms. The highest BCUT2D eigenvalue weighted by molar-refractivity contribution is 6.08. The lowest BCUT2D eigenvalue weighted by molar-refractivity contribution is -0.126. The minimum Gasteiger partial charge on any atom is -0.508 e. The maximum absolute atomic E-state index is 14.8. The second-order valence-electron chi connectivity index (χ2n) is 12.0. The average Bonchev–Trinajstić information content (AvgIpc) is 3.58. The van der Waals surface area contributed by atoms with E-state index >= 15 is 0 Å². The van der Waals surface area contributed by atoms with Crippen molar-refractivity contribution in [2.24, 2.45) is 0 Å². The van der Waals surface area contributed by atoms with E-state index in [1.165, 1.54) is 29.2 Å². The lowest BCUT2D eigenvalue weighted by Gasteiger charge is -2.33. The molecule has 2 heterocycles. The Kier molecular flexibility index (Phi) is 8.21. The van der Waals surface area contributed by atoms with Crippen molar-refractivity contribution in [2.75, 3.05) is 11.4 Å². The lowest BCUT2D eigenvalue weighted by Crippen LogP contribution is -2.48. The largest absolute Gasteiger partial charge is 0.508 e. The number of imidazole rings is 1. The van der Waals surface area contributed by atoms with Crippen LogP contribution in [0.4, 0.5) is 14.9 Å². The van der Waals surface area contributed by atoms with Gasteiger partial charge in [0.25, 0.3) is 0 Å². The zero-order valence-corrected chi connectivity index (χ0v) is 25.3. The van der Waals surface area contributed by atoms with Crippen LogP contribution in [-0.2, 0) is 26.4 Å². The van der Waals surface area contributed by atoms with Gasteiger partial charge in [-0.2, -0.15) is 5.26 Å². The quantitative estimate of drug-likeness (QED) is 0.279. The molecule has 3 amide bonds. The van der Waals surface area contributed by atoms with Crippen molar-refractivity contribution >= 4 is 34.4 Å². The number of nitrogens with zero attached hydrogens (tertiary/aromatic N) is 4. The first-order valence-corrected chi connectivity index (χ1v) is 14.3. The summed E-state index contributed by atoms with van der Waals surface area (Å²) >= 11 is 0. The maximum atomic E-state index is 14.8. The maximum Gasteiger partial charge on any atom is 0.408 e. The van der Waals surface area contributed by atoms with Crippen LogP contribution in [0.15, 0.2) is 67.1 Å². The monoisotopic (exact) mass is 612 g/mol. The Morgan fingerprint density at radius 3 is 2.64 bits per heavy atom. The molecule has 1 unspecified atom stereocenters. The molecule has 5 rings (SSSR count). The molecule has 1 saturated heterocycles. The number of benzene rings is 3. The second kappa shape index (κ2) is 11.9. The van der Waals surface area contributed by atoms with Crippen LogP contribution in [0, 0.1) is 17.1 Å². The Morgan fingerprint density at radius 1 is 1.16 bits per heavy atom. The first kappa shape index (κ1) is 31.0. The number of phenols is 1. The van der Waals surface area contributed by atoms with E-state index in [4.69, 9.17) is 4.74 Å². The third-order valence-electron chi connectivity index (χ3n) is 7.63. The molecule has 45 heavy (non-hydrogen) atoms. The third kappa shape index (κ3) is 6.43. The molecule has 2 atom stereocenters. The van der Waals surface area contributed by atoms with E-state index in [-0.39, 0.29) is 29.3 Å². The van der Waals surface area contributed by atoms with E-state index in [9.17, 15) is 29.1 Å². The number of fused-ring (bicyclic) bond motifs is 1. The van der Waals surface area contributed by atoms with E-state index in [1.807, 2.05) is 12.1 Å². The molecule has 3 aromatic carbocycles. The topological polar surface area (TPSA) is 150 Å². The predicted octanol–water partition coefficient (Wildman–Crippen LogP) is 4.46. The number of alkyl carbamates (subject to hydrolysis) is 1. The second-order valence-corrected chi connectivity index (χ2v) is 12.0. The number of ether oxygens (including phenoxy) is 1. The Bertz CT molecular complexity index is 1840. The normalized spacial score (nSPS) is 16.2. The van der Waals surface area contributed by atoms with E-state index in [1.54, 1.807) is 62.9 Å². The molecule has 0 radical (unpaired) electrons. The minimum absolute atomic E-state index is 0.0829. The van der Waals surface area contributed by atoms with Crippen molar-refractivity contribution < 1.29 is 28.6 Å². The van der Waals surface area contributed by atoms with Gasteiger partial charge in [0.05, 0.1) is 29.5 Å². The van der Waals surface area contributed by atoms with Gasteiger partial charge in [0.15, 0.2) is 0 Å². The Labute approximate surface area is 259 Å². The van der Waals surface area contributed by atoms with Crippen molar-refractivity contribution in [2.45, 2.75) is 57.8 Å². The first-order chi connectivity index (χ1) is 21.3. The van der Waals surface area contributed by atoms with Gasteiger partial charge in [0, 0.05) is 11.9 Å². The number of aromatic nitrogens is 2. The van der Waals surface area contributed by atoms with Crippen LogP contribution in [0.25, 0.3) is 10.8 Å². The zero-order valence-electron chi connectivity index (χ0n) is 25.3. The number of carbonyl (C=O) groups excluding carboxylic acids is 3. The molecule has 0 saturated carbocycles. The highest BCUT2D eigenvalue weighted by Crippen LogP contribution is 2.33. The fourth-order valence-corrected chi connectivity index (χ4v) is 5.50. The van der Waals surface area contributed by atoms with Crippen LogP contribution in [0.2, 0.25) is 0 Å². The molecule has 11 nitrogen and oxygen atoms in total. The van der Waals surface area contributed by atoms with Crippen molar-refractivity contribution in [1.29, 1.82) is 5.26 Å². The Morgan fingerprint density at radius 2 is 1.93 bits per heavy atom. The number of rotatable bonds is 7. The lowest BCUT2D eigenvalue weighted by atomic mass is 9.88. The number of nitriles is 1. The third-order valence-corrected chi connectivity index (χ3v) is 7.63. The number of hydrogen-bond donors (Lipinski definition) is 3. The zero-order chi connectivity index (χ0) is 32.5. The molecular weight excluding hydrogens is 579 g/mol. The van der Waals surface area contributed by atoms with Crippen molar-refractivity contribution in [1.82, 2.24) is 20.2 Å². The van der Waals surface area contributed by atoms with Crippen molar-refractivity contribution in [3.8, 4) is 11.8 Å². The molecule has 1 fully saturated rings. The smallest absolute Gasteiger partial charge is 0.408 e. The summed E-state index contributed by atoms with van der Waals surface area (Å²) in [4.78, 5) is 45.5. The van der Waals surface area contributed by atoms with Gasteiger partial charge in [0.1, 0.15) is 41.4 Å². The SMILES string of the molecule is CC(C)(C)OC(=O)N[C@@](C)(c1ccc(C#N)c(F)c1)c1cncn1CC(=O)NC1CCN(c2cccc3ccc(O)cc23)C1=O. The van der Waals surface area contributed by atoms with Crippen LogP contribution in [-0.4, -0.2) is 50.8 Å². The summed E-state index contributed by atoms with van der Waals surface area (Å²) in [5.74, 6) is -1.45. The van der Waals surface area contributed by atoms with Crippen molar-refractivity contribution in [3.05, 3.63) is 89.8 Å². The standard InChI is InChI=1S/C33H33FN6O5/c1-32(2,3)45-31(44)38-33(4,22-10-8-21(16-35)25(34)14-22)28-17-36-19-39(28)18-29(42)37-26-12-13-40(30(26)43)27-7-5-6-20-9-11-23(41)15-24(20)27/h5-11,14-15,17,19,26,41H,12-13,18H2,1-4H3,(H,37,42)(H,38,44)/t26?,33-/m0/s1. The average molecular weight is 613 g/mol. The van der Waals surface area contributed by atoms with E-state index in [0.29, 0.717) is 24.3 Å². The molecular formula is C33H33FN6O5. The molecule has 1 aromatic heterocycles. The van der Waals surface area contributed by atoms with Crippen LogP contribution >= 0.6 is 0 Å². The van der Waals surface area contributed by atoms with E-state index in [2.05, 4.69) is 15.6 Å². The van der Waals surface area contributed by atoms with E-state index in [0.717, 1.165) is 16.8 Å². The van der Waals surface area contributed by atoms with Crippen LogP contribution < -0.4 is 15.5 Å². The van der Waals surface area contributed by atoms with Gasteiger partial charge in [-0.25, -0.2) is 14.2 Å². The van der Waals surface area contributed by atoms with Gasteiger partial charge in [-0.05, 0) is 75.4 Å². The van der Waals surface area contributed by atoms with Crippen LogP contribution in [0.1, 0.15) is 50.9 Å². The number of amides is 3. The van der Waals surface area contributed by atoms with Gasteiger partial charge in [-0.1, -0.05) is 24.3 Å². The van der Waals surface area contributed by atoms with Crippen LogP contribution in [0.3, 0.4) is 0 Å². The molecule has 232 valence electrons. The summed E-state index contributed by atoms with van der Waals surface area (Å²) in [7, 11) is 0. The minimum atomic E-state index is -1.44. The first-order valence-electron chi connectivity index (χ1n) is 14.3. The summed E-state index contributed by atoms with van der Waals surface area (Å²) in [5.41, 5.74) is -1.16. The highest BCUT2D eigenvalue weighted by Gasteiger charge is 2.38. The fourth-order valence-electron chi connectivity index (χ4n) is 5.50. The molecule has 12 heteroatoms. The number of nitrogens with one attached hydrogen (secondary N) is 2. The summed E-state index contributed by atoms with van der Waals surface area (Å²) < 4.78 is 21.7. The molecule has 3 N–H and O–H groups in total. The molecule has 4 aromatic rings. The molecule has 1 aliphatic heterocycles. The Balaban J connectivity index is 1.37. The summed E-state index contributed by atoms with van der Waals surface area (Å²) in [6.45, 7) is 6.84. The van der Waals surface area contributed by atoms with Gasteiger partial charge in [-0.15, -0.1) is 0 Å². The van der Waals surface area contributed by atoms with Gasteiger partial charge >= 0.3 is 6.09 Å². The van der Waals surface area contributed by atoms with Crippen molar-refractivity contribution in [3.63, 3.8) is 0 Å².